The van der Waals surface area contributed by atoms with E-state index in [2.05, 4.69) is 51.7 Å². The van der Waals surface area contributed by atoms with Gasteiger partial charge in [0.15, 0.2) is 0 Å². The summed E-state index contributed by atoms with van der Waals surface area (Å²) < 4.78 is 41.8. The predicted octanol–water partition coefficient (Wildman–Crippen LogP) is 0.667. The Morgan fingerprint density at radius 2 is 1.02 bits per heavy atom. The number of aliphatic carboxylic acids is 2. The van der Waals surface area contributed by atoms with E-state index >= 15 is 0 Å². The number of amides is 8. The maximum Gasteiger partial charge on any atom is 0.446 e. The number of rotatable bonds is 38. The molecule has 0 fully saturated rings. The molecule has 7 atom stereocenters. The van der Waals surface area contributed by atoms with Gasteiger partial charge in [-0.2, -0.15) is 8.42 Å². The van der Waals surface area contributed by atoms with Gasteiger partial charge in [0.1, 0.15) is 47.8 Å². The molecule has 1 heterocycles. The number of nitrogens with one attached hydrogen (secondary N) is 9. The number of carbonyl (C=O) groups excluding carboxylic acids is 9. The monoisotopic (exact) mass is 1280 g/mol. The summed E-state index contributed by atoms with van der Waals surface area (Å²) >= 11 is 0. The number of H-pyrrole nitrogens is 1. The number of benzene rings is 4. The second-order valence-electron chi connectivity index (χ2n) is 21.2. The van der Waals surface area contributed by atoms with Crippen LogP contribution in [0.25, 0.3) is 10.9 Å². The van der Waals surface area contributed by atoms with E-state index in [0.717, 1.165) is 17.7 Å². The summed E-state index contributed by atoms with van der Waals surface area (Å²) in [5.74, 6) is -12.1. The third kappa shape index (κ3) is 25.2. The average Bonchev–Trinajstić information content (AvgIpc) is 1.91. The highest BCUT2D eigenvalue weighted by atomic mass is 32.3. The fourth-order valence-electron chi connectivity index (χ4n) is 9.25. The number of carboxylic acid groups (broad SMARTS) is 2. The van der Waals surface area contributed by atoms with E-state index < -0.39 is 150 Å². The lowest BCUT2D eigenvalue weighted by Gasteiger charge is -2.26. The summed E-state index contributed by atoms with van der Waals surface area (Å²) in [6.45, 7) is 1.92. The van der Waals surface area contributed by atoms with Gasteiger partial charge in [-0.15, -0.1) is 0 Å². The first-order valence-electron chi connectivity index (χ1n) is 29.1. The van der Waals surface area contributed by atoms with Gasteiger partial charge in [-0.3, -0.25) is 52.5 Å². The number of aromatic nitrogens is 1. The van der Waals surface area contributed by atoms with Crippen LogP contribution in [0.4, 0.5) is 0 Å². The van der Waals surface area contributed by atoms with Crippen LogP contribution in [0, 0.1) is 0 Å². The normalized spacial score (nSPS) is 13.5. The number of carbonyl (C=O) groups is 11. The Labute approximate surface area is 523 Å². The van der Waals surface area contributed by atoms with Crippen LogP contribution in [0.15, 0.2) is 109 Å². The van der Waals surface area contributed by atoms with Crippen LogP contribution in [0.5, 0.6) is 11.5 Å². The molecule has 0 unspecified atom stereocenters. The second-order valence-corrected chi connectivity index (χ2v) is 22.2. The Morgan fingerprint density at radius 3 is 1.62 bits per heavy atom. The summed E-state index contributed by atoms with van der Waals surface area (Å²) in [6.07, 6.45) is 1.16. The van der Waals surface area contributed by atoms with Gasteiger partial charge in [-0.1, -0.05) is 112 Å². The quantitative estimate of drug-likeness (QED) is 0.0191. The Kier molecular flexibility index (Phi) is 28.3. The Morgan fingerprint density at radius 1 is 0.538 bits per heavy atom. The van der Waals surface area contributed by atoms with E-state index in [9.17, 15) is 81.0 Å². The number of aromatic amines is 1. The molecule has 0 aliphatic heterocycles. The van der Waals surface area contributed by atoms with Gasteiger partial charge in [0.2, 0.25) is 47.3 Å². The van der Waals surface area contributed by atoms with Crippen LogP contribution >= 0.6 is 0 Å². The Bertz CT molecular complexity index is 3440. The van der Waals surface area contributed by atoms with Gasteiger partial charge in [0, 0.05) is 36.4 Å². The number of fused-ring (bicyclic) bond motifs is 1. The average molecular weight is 1290 g/mol. The highest BCUT2D eigenvalue weighted by molar-refractivity contribution is 7.81. The van der Waals surface area contributed by atoms with Crippen molar-refractivity contribution in [2.24, 2.45) is 5.73 Å². The zero-order valence-electron chi connectivity index (χ0n) is 49.9. The molecule has 0 radical (unpaired) electrons. The van der Waals surface area contributed by atoms with Crippen LogP contribution in [0.3, 0.4) is 0 Å². The van der Waals surface area contributed by atoms with Crippen molar-refractivity contribution >= 4 is 86.5 Å². The number of hydrogen-bond acceptors (Lipinski definition) is 17. The smallest absolute Gasteiger partial charge is 0.446 e. The first-order chi connectivity index (χ1) is 43.3. The first kappa shape index (κ1) is 71.8. The van der Waals surface area contributed by atoms with Crippen molar-refractivity contribution in [3.63, 3.8) is 0 Å². The van der Waals surface area contributed by atoms with Crippen LogP contribution in [0.1, 0.15) is 87.5 Å². The van der Waals surface area contributed by atoms with Gasteiger partial charge in [-0.05, 0) is 71.8 Å². The standard InChI is InChI=1S/C61H76N10O19S/c1-3-5-15-45(68-58(82)47(29-38-20-24-41(25-21-38)90-91(86,87)88)70-60(84)49(31-53(75)76)67-51(73)34-64-55(79)43(62)28-37-18-22-40(72)23-19-37)56(80)65-35-52(74)66-48(30-39-33-63-44-17-11-10-14-42(39)44)59(83)69-46(16-6-4-2)57(81)71-50(32-54(77)78)61(85)89-27-26-36-12-8-7-9-13-36/h7-14,17-25,33,43,45-50,63,72H,3-6,15-16,26-32,34-35,62H2,1-2H3,(H,64,79)(H,65,80)(H,66,74)(H,67,73)(H,68,82)(H,69,83)(H,70,84)(H,71,81)(H,75,76)(H,77,78)(H,86,87,88)/t43-,45+,46+,47+,48-,49+,50+/m1/s1. The van der Waals surface area contributed by atoms with E-state index in [-0.39, 0.29) is 49.4 Å². The molecule has 0 aliphatic carbocycles. The summed E-state index contributed by atoms with van der Waals surface area (Å²) in [5.41, 5.74) is 8.88. The minimum atomic E-state index is -4.96. The lowest BCUT2D eigenvalue weighted by Crippen LogP contribution is -2.59. The van der Waals surface area contributed by atoms with Crippen molar-refractivity contribution in [2.45, 2.75) is 133 Å². The van der Waals surface area contributed by atoms with Crippen molar-refractivity contribution in [3.8, 4) is 11.5 Å². The van der Waals surface area contributed by atoms with E-state index in [0.29, 0.717) is 54.1 Å². The molecular formula is C61H76N10O19S. The maximum absolute atomic E-state index is 14.4. The maximum atomic E-state index is 14.4. The number of phenolic OH excluding ortho intramolecular Hbond substituents is 1. The minimum absolute atomic E-state index is 0.00786. The fraction of sp³-hybridized carbons (Fsp3) is 0.393. The number of phenols is 1. The van der Waals surface area contributed by atoms with Gasteiger partial charge in [-0.25, -0.2) is 4.79 Å². The first-order valence-corrected chi connectivity index (χ1v) is 30.5. The van der Waals surface area contributed by atoms with Gasteiger partial charge in [0.05, 0.1) is 38.6 Å². The molecule has 8 amide bonds. The summed E-state index contributed by atoms with van der Waals surface area (Å²) in [5, 5.41) is 49.3. The highest BCUT2D eigenvalue weighted by Gasteiger charge is 2.34. The van der Waals surface area contributed by atoms with Crippen LogP contribution in [-0.2, 0) is 93.6 Å². The van der Waals surface area contributed by atoms with E-state index in [1.54, 1.807) is 49.5 Å². The topological polar surface area (TPSA) is 459 Å². The van der Waals surface area contributed by atoms with Gasteiger partial charge >= 0.3 is 28.3 Å². The molecule has 0 spiro atoms. The molecule has 0 bridgehead atoms. The van der Waals surface area contributed by atoms with E-state index in [4.69, 9.17) is 10.5 Å². The minimum Gasteiger partial charge on any atom is -0.508 e. The van der Waals surface area contributed by atoms with Crippen molar-refractivity contribution in [3.05, 3.63) is 132 Å². The summed E-state index contributed by atoms with van der Waals surface area (Å²) in [6, 6.07) is 16.1. The number of para-hydroxylation sites is 1. The fourth-order valence-corrected chi connectivity index (χ4v) is 9.60. The van der Waals surface area contributed by atoms with E-state index in [1.807, 2.05) is 25.1 Å². The van der Waals surface area contributed by atoms with Gasteiger partial charge in [0.25, 0.3) is 0 Å². The van der Waals surface area contributed by atoms with Crippen molar-refractivity contribution < 1.29 is 89.9 Å². The molecule has 15 N–H and O–H groups in total. The zero-order chi connectivity index (χ0) is 66.6. The Balaban J connectivity index is 1.32. The number of aromatic hydroxyl groups is 1. The van der Waals surface area contributed by atoms with E-state index in [1.165, 1.54) is 36.4 Å². The van der Waals surface area contributed by atoms with Crippen molar-refractivity contribution in [1.82, 2.24) is 47.5 Å². The molecule has 0 aliphatic rings. The SMILES string of the molecule is CCCC[C@H](NC(=O)[C@H](Cc1ccc(OS(=O)(=O)O)cc1)NC(=O)[C@H](CC(=O)O)NC(=O)CNC(=O)[C@H](N)Cc1ccc(O)cc1)C(=O)NCC(=O)N[C@H](Cc1c[nH]c2ccccc12)C(=O)N[C@@H](CCCC)C(=O)N[C@@H](CC(=O)O)C(=O)OCCc1ccccc1. The van der Waals surface area contributed by atoms with Crippen molar-refractivity contribution in [2.75, 3.05) is 19.7 Å². The summed E-state index contributed by atoms with van der Waals surface area (Å²) in [4.78, 5) is 151. The summed E-state index contributed by atoms with van der Waals surface area (Å²) in [7, 11) is -4.96. The number of hydrogen-bond donors (Lipinski definition) is 14. The van der Waals surface area contributed by atoms with Crippen molar-refractivity contribution in [1.29, 1.82) is 0 Å². The molecule has 0 saturated carbocycles. The molecule has 1 aromatic heterocycles. The number of carboxylic acids is 2. The molecule has 91 heavy (non-hydrogen) atoms. The zero-order valence-corrected chi connectivity index (χ0v) is 50.8. The van der Waals surface area contributed by atoms with Crippen LogP contribution in [0.2, 0.25) is 0 Å². The third-order valence-corrected chi connectivity index (χ3v) is 14.4. The lowest BCUT2D eigenvalue weighted by atomic mass is 10.0. The number of nitrogens with two attached hydrogens (primary N) is 1. The molecule has 30 heteroatoms. The molecule has 490 valence electrons. The number of esters is 1. The largest absolute Gasteiger partial charge is 0.508 e. The number of unbranched alkanes of at least 4 members (excludes halogenated alkanes) is 2. The molecule has 0 saturated heterocycles. The molecule has 5 aromatic rings. The lowest BCUT2D eigenvalue weighted by molar-refractivity contribution is -0.152. The van der Waals surface area contributed by atoms with Crippen LogP contribution < -0.4 is 52.5 Å². The molecule has 4 aromatic carbocycles. The number of ether oxygens (including phenoxy) is 1. The molecule has 5 rings (SSSR count). The Hall–Kier alpha value is -9.94. The second kappa shape index (κ2) is 35.9. The van der Waals surface area contributed by atoms with Crippen LogP contribution in [-0.4, -0.2) is 160 Å². The van der Waals surface area contributed by atoms with Gasteiger partial charge < -0.3 is 77.5 Å². The molecule has 29 nitrogen and oxygen atoms in total. The highest BCUT2D eigenvalue weighted by Crippen LogP contribution is 2.21. The third-order valence-electron chi connectivity index (χ3n) is 14.0. The predicted molar refractivity (Wildman–Crippen MR) is 326 cm³/mol. The molecular weight excluding hydrogens is 1210 g/mol.